The van der Waals surface area contributed by atoms with E-state index in [2.05, 4.69) is 10.1 Å². The van der Waals surface area contributed by atoms with E-state index in [0.717, 1.165) is 31.9 Å². The number of carbonyl (C=O) groups excluding carboxylic acids is 1. The minimum atomic E-state index is -4.31. The van der Waals surface area contributed by atoms with Gasteiger partial charge in [0.2, 0.25) is 5.91 Å². The summed E-state index contributed by atoms with van der Waals surface area (Å²) in [7, 11) is 0. The van der Waals surface area contributed by atoms with Crippen LogP contribution in [0.15, 0.2) is 36.9 Å². The van der Waals surface area contributed by atoms with Crippen LogP contribution in [0.5, 0.6) is 0 Å². The summed E-state index contributed by atoms with van der Waals surface area (Å²) >= 11 is 0. The minimum absolute atomic E-state index is 0.0919. The van der Waals surface area contributed by atoms with Crippen LogP contribution in [-0.4, -0.2) is 38.7 Å². The number of amides is 1. The Morgan fingerprint density at radius 2 is 2.15 bits per heavy atom. The number of aryl methyl sites for hydroxylation is 2. The Balaban J connectivity index is 1.49. The maximum absolute atomic E-state index is 12.8. The van der Waals surface area contributed by atoms with Gasteiger partial charge < -0.3 is 4.90 Å². The van der Waals surface area contributed by atoms with Gasteiger partial charge in [0.15, 0.2) is 0 Å². The van der Waals surface area contributed by atoms with Crippen LogP contribution in [0, 0.1) is 5.92 Å². The number of carbonyl (C=O) groups is 1. The number of piperidine rings is 1. The normalized spacial score (nSPS) is 17.9. The number of alkyl halides is 3. The van der Waals surface area contributed by atoms with Crippen LogP contribution >= 0.6 is 0 Å². The van der Waals surface area contributed by atoms with Gasteiger partial charge in [-0.1, -0.05) is 18.2 Å². The van der Waals surface area contributed by atoms with Gasteiger partial charge in [0.05, 0.1) is 12.1 Å². The number of rotatable bonds is 6. The molecule has 2 heterocycles. The van der Waals surface area contributed by atoms with Gasteiger partial charge in [-0.15, -0.1) is 0 Å². The number of hydrogen-bond donors (Lipinski definition) is 0. The van der Waals surface area contributed by atoms with Crippen molar-refractivity contribution in [3.63, 3.8) is 0 Å². The Hall–Kier alpha value is -2.38. The lowest BCUT2D eigenvalue weighted by Crippen LogP contribution is -2.40. The number of likely N-dealkylation sites (tertiary alicyclic amines) is 1. The standard InChI is InChI=1S/C19H23F3N4O/c20-19(21,22)17-5-1-3-15(11-17)6-7-16-4-2-9-25(12-16)18(27)8-10-26-14-23-13-24-26/h1,3,5,11,13-14,16H,2,4,6-10,12H2/t16-/m0/s1. The SMILES string of the molecule is O=C(CCn1cncn1)N1CCC[C@@H](CCc2cccc(C(F)(F)F)c2)C1. The maximum Gasteiger partial charge on any atom is 0.416 e. The average Bonchev–Trinajstić information content (AvgIpc) is 3.18. The minimum Gasteiger partial charge on any atom is -0.342 e. The molecule has 1 saturated heterocycles. The molecule has 1 atom stereocenters. The van der Waals surface area contributed by atoms with Crippen molar-refractivity contribution >= 4 is 5.91 Å². The molecule has 8 heteroatoms. The van der Waals surface area contributed by atoms with E-state index in [9.17, 15) is 18.0 Å². The van der Waals surface area contributed by atoms with Crippen molar-refractivity contribution in [2.24, 2.45) is 5.92 Å². The van der Waals surface area contributed by atoms with Gasteiger partial charge in [-0.3, -0.25) is 9.48 Å². The van der Waals surface area contributed by atoms with Crippen LogP contribution < -0.4 is 0 Å². The zero-order chi connectivity index (χ0) is 19.3. The maximum atomic E-state index is 12.8. The first kappa shape index (κ1) is 19.4. The van der Waals surface area contributed by atoms with Gasteiger partial charge in [0.25, 0.3) is 0 Å². The van der Waals surface area contributed by atoms with Crippen molar-refractivity contribution in [3.05, 3.63) is 48.0 Å². The summed E-state index contributed by atoms with van der Waals surface area (Å²) < 4.78 is 40.1. The highest BCUT2D eigenvalue weighted by atomic mass is 19.4. The first-order valence-electron chi connectivity index (χ1n) is 9.18. The van der Waals surface area contributed by atoms with Crippen LogP contribution in [0.3, 0.4) is 0 Å². The Morgan fingerprint density at radius 3 is 2.89 bits per heavy atom. The first-order valence-corrected chi connectivity index (χ1v) is 9.18. The molecule has 27 heavy (non-hydrogen) atoms. The van der Waals surface area contributed by atoms with E-state index < -0.39 is 11.7 Å². The molecule has 1 aliphatic rings. The molecule has 0 unspecified atom stereocenters. The highest BCUT2D eigenvalue weighted by Crippen LogP contribution is 2.30. The van der Waals surface area contributed by atoms with Crippen molar-refractivity contribution < 1.29 is 18.0 Å². The second kappa shape index (κ2) is 8.54. The van der Waals surface area contributed by atoms with E-state index >= 15 is 0 Å². The largest absolute Gasteiger partial charge is 0.416 e. The summed E-state index contributed by atoms with van der Waals surface area (Å²) in [6.07, 6.45) is 2.41. The Bertz CT molecular complexity index is 746. The molecule has 1 fully saturated rings. The van der Waals surface area contributed by atoms with E-state index in [1.165, 1.54) is 18.5 Å². The molecule has 5 nitrogen and oxygen atoms in total. The Morgan fingerprint density at radius 1 is 1.30 bits per heavy atom. The first-order chi connectivity index (χ1) is 12.9. The number of nitrogens with zero attached hydrogens (tertiary/aromatic N) is 4. The molecule has 0 N–H and O–H groups in total. The number of aromatic nitrogens is 3. The zero-order valence-corrected chi connectivity index (χ0v) is 15.0. The molecule has 2 aromatic rings. The van der Waals surface area contributed by atoms with Crippen molar-refractivity contribution in [3.8, 4) is 0 Å². The fourth-order valence-corrected chi connectivity index (χ4v) is 3.52. The summed E-state index contributed by atoms with van der Waals surface area (Å²) in [5.74, 6) is 0.415. The van der Waals surface area contributed by atoms with Gasteiger partial charge in [0, 0.05) is 19.5 Å². The monoisotopic (exact) mass is 380 g/mol. The Kier molecular flexibility index (Phi) is 6.13. The summed E-state index contributed by atoms with van der Waals surface area (Å²) in [5, 5.41) is 3.99. The fraction of sp³-hybridized carbons (Fsp3) is 0.526. The molecule has 0 spiro atoms. The molecule has 1 aromatic heterocycles. The molecular weight excluding hydrogens is 357 g/mol. The third kappa shape index (κ3) is 5.55. The second-order valence-electron chi connectivity index (χ2n) is 6.99. The number of halogens is 3. The molecular formula is C19H23F3N4O. The molecule has 1 aromatic carbocycles. The van der Waals surface area contributed by atoms with Gasteiger partial charge in [-0.25, -0.2) is 4.98 Å². The highest BCUT2D eigenvalue weighted by molar-refractivity contribution is 5.76. The molecule has 1 amide bonds. The van der Waals surface area contributed by atoms with E-state index in [0.29, 0.717) is 37.4 Å². The summed E-state index contributed by atoms with van der Waals surface area (Å²) in [5.41, 5.74) is 0.0908. The predicted octanol–water partition coefficient (Wildman–Crippen LogP) is 3.56. The van der Waals surface area contributed by atoms with Gasteiger partial charge in [-0.05, 0) is 43.2 Å². The third-order valence-electron chi connectivity index (χ3n) is 4.99. The van der Waals surface area contributed by atoms with E-state index in [-0.39, 0.29) is 5.91 Å². The smallest absolute Gasteiger partial charge is 0.342 e. The van der Waals surface area contributed by atoms with Crippen molar-refractivity contribution in [1.82, 2.24) is 19.7 Å². The van der Waals surface area contributed by atoms with E-state index in [1.54, 1.807) is 17.1 Å². The second-order valence-corrected chi connectivity index (χ2v) is 6.99. The van der Waals surface area contributed by atoms with Crippen LogP contribution in [0.4, 0.5) is 13.2 Å². The molecule has 0 bridgehead atoms. The molecule has 0 radical (unpaired) electrons. The van der Waals surface area contributed by atoms with Crippen molar-refractivity contribution in [1.29, 1.82) is 0 Å². The van der Waals surface area contributed by atoms with Crippen molar-refractivity contribution in [2.45, 2.75) is 44.8 Å². The lowest BCUT2D eigenvalue weighted by Gasteiger charge is -2.33. The highest BCUT2D eigenvalue weighted by Gasteiger charge is 2.30. The lowest BCUT2D eigenvalue weighted by molar-refractivity contribution is -0.137. The molecule has 146 valence electrons. The zero-order valence-electron chi connectivity index (χ0n) is 15.0. The predicted molar refractivity (Wildman–Crippen MR) is 93.7 cm³/mol. The molecule has 0 saturated carbocycles. The van der Waals surface area contributed by atoms with E-state index in [4.69, 9.17) is 0 Å². The summed E-state index contributed by atoms with van der Waals surface area (Å²) in [4.78, 5) is 18.1. The van der Waals surface area contributed by atoms with E-state index in [1.807, 2.05) is 4.90 Å². The van der Waals surface area contributed by atoms with Gasteiger partial charge in [0.1, 0.15) is 12.7 Å². The quantitative estimate of drug-likeness (QED) is 0.770. The number of hydrogen-bond acceptors (Lipinski definition) is 3. The van der Waals surface area contributed by atoms with Crippen LogP contribution in [0.1, 0.15) is 36.8 Å². The topological polar surface area (TPSA) is 51.0 Å². The van der Waals surface area contributed by atoms with Crippen LogP contribution in [-0.2, 0) is 23.9 Å². The average molecular weight is 380 g/mol. The lowest BCUT2D eigenvalue weighted by atomic mass is 9.91. The van der Waals surface area contributed by atoms with Crippen LogP contribution in [0.25, 0.3) is 0 Å². The van der Waals surface area contributed by atoms with Gasteiger partial charge >= 0.3 is 6.18 Å². The summed E-state index contributed by atoms with van der Waals surface area (Å²) in [6, 6.07) is 5.52. The Labute approximate surface area is 156 Å². The number of benzene rings is 1. The third-order valence-corrected chi connectivity index (χ3v) is 4.99. The fourth-order valence-electron chi connectivity index (χ4n) is 3.52. The summed E-state index contributed by atoms with van der Waals surface area (Å²) in [6.45, 7) is 1.93. The molecule has 0 aliphatic carbocycles. The van der Waals surface area contributed by atoms with Crippen LogP contribution in [0.2, 0.25) is 0 Å². The van der Waals surface area contributed by atoms with Crippen molar-refractivity contribution in [2.75, 3.05) is 13.1 Å². The van der Waals surface area contributed by atoms with Gasteiger partial charge in [-0.2, -0.15) is 18.3 Å². The molecule has 3 rings (SSSR count). The molecule has 1 aliphatic heterocycles.